The van der Waals surface area contributed by atoms with E-state index in [1.807, 2.05) is 65.8 Å². The molecule has 1 aromatic heterocycles. The number of esters is 1. The minimum absolute atomic E-state index is 0.0277. The number of nitrogens with two attached hydrogens (primary N) is 1. The van der Waals surface area contributed by atoms with Gasteiger partial charge in [-0.05, 0) is 131 Å². The van der Waals surface area contributed by atoms with Crippen LogP contribution in [0.2, 0.25) is 5.02 Å². The van der Waals surface area contributed by atoms with E-state index < -0.39 is 192 Å². The number of hydrogen-bond acceptors (Lipinski definition) is 23. The summed E-state index contributed by atoms with van der Waals surface area (Å²) < 4.78 is 30.1. The van der Waals surface area contributed by atoms with E-state index in [9.17, 15) is 53.7 Å². The summed E-state index contributed by atoms with van der Waals surface area (Å²) in [5.74, 6) is -12.1. The number of phenolic OH excluding ortho intramolecular Hbond substituents is 1. The van der Waals surface area contributed by atoms with Crippen LogP contribution < -0.4 is 57.9 Å². The smallest absolute Gasteiger partial charge is 0.409 e. The van der Waals surface area contributed by atoms with Crippen LogP contribution in [0.4, 0.5) is 10.5 Å². The molecule has 0 aliphatic carbocycles. The van der Waals surface area contributed by atoms with Crippen LogP contribution in [-0.4, -0.2) is 244 Å². The number of carbonyl (C=O) groups is 12. The van der Waals surface area contributed by atoms with Crippen molar-refractivity contribution in [3.63, 3.8) is 0 Å². The van der Waals surface area contributed by atoms with E-state index in [2.05, 4.69) is 47.5 Å². The van der Waals surface area contributed by atoms with Crippen LogP contribution in [0.3, 0.4) is 0 Å². The number of phenols is 1. The maximum absolute atomic E-state index is 15.7. The Hall–Kier alpha value is -10.3. The average Bonchev–Trinajstić information content (AvgIpc) is 0.748. The molecule has 6 bridgehead atoms. The summed E-state index contributed by atoms with van der Waals surface area (Å²) in [5, 5.41) is 57.0. The lowest BCUT2D eigenvalue weighted by atomic mass is 9.75. The second kappa shape index (κ2) is 45.3. The number of aromatic hydroxyl groups is 1. The number of allylic oxidation sites excluding steroid dienone is 3. The molecular formula is C92H126ClN13O20S2. The van der Waals surface area contributed by atoms with Crippen LogP contribution in [0, 0.1) is 17.3 Å². The molecule has 3 saturated heterocycles. The number of alkyl carbamates (subject to hydrolysis) is 1. The third-order valence-electron chi connectivity index (χ3n) is 23.7. The molecule has 3 fully saturated rings. The molecule has 0 spiro atoms. The molecule has 6 heterocycles. The summed E-state index contributed by atoms with van der Waals surface area (Å²) in [4.78, 5) is 185. The van der Waals surface area contributed by atoms with Gasteiger partial charge in [-0.1, -0.05) is 165 Å². The van der Waals surface area contributed by atoms with Crippen molar-refractivity contribution < 1.29 is 96.5 Å². The van der Waals surface area contributed by atoms with Crippen molar-refractivity contribution in [1.29, 1.82) is 0 Å². The SMILES string of the molecule is COc1cc2cc(c1Cl)N(C)C(=O)CC1(OC(=O)[C@H](C)N(C)C(=O)CCSSC[C@H](NC(=O)CC[C@H]3C(=O)N[C@@H](Cc4ccc(O)cc4)C(=O)N[C@H](Cc4c[nH]c5ccccc45)C(=O)N[C@@H](CCCCCN)C(=O)N[C@@H]([C@@H](C)O)C(=O)N[C@@H](Cc4ccccc4)C(=O)N3C)C(=O)NC(C)(C)CC(C)(C)C)O[C@@H]([C@H](C)[C@@H]3C[C@@](O)(NC(=O)O3)[C@H](OC)/C=C/C=C(\C)C2)[C@@H]1C. The van der Waals surface area contributed by atoms with Crippen molar-refractivity contribution in [1.82, 2.24) is 57.3 Å². The number of methoxy groups -OCH3 is 2. The number of ether oxygens (including phenoxy) is 5. The Morgan fingerprint density at radius 2 is 1.42 bits per heavy atom. The number of aliphatic hydroxyl groups excluding tert-OH is 1. The van der Waals surface area contributed by atoms with Gasteiger partial charge in [0.15, 0.2) is 5.72 Å². The number of anilines is 1. The van der Waals surface area contributed by atoms with E-state index in [0.717, 1.165) is 26.8 Å². The summed E-state index contributed by atoms with van der Waals surface area (Å²) >= 11 is 6.93. The third kappa shape index (κ3) is 27.2. The van der Waals surface area contributed by atoms with Crippen molar-refractivity contribution in [2.24, 2.45) is 23.0 Å². The maximum atomic E-state index is 15.7. The number of aromatic amines is 1. The molecule has 33 nitrogen and oxygen atoms in total. The zero-order valence-corrected chi connectivity index (χ0v) is 77.9. The number of amides is 11. The van der Waals surface area contributed by atoms with E-state index in [4.69, 9.17) is 41.0 Å². The quantitative estimate of drug-likeness (QED) is 0.0123. The fraction of sp³-hybridized carbons (Fsp3) is 0.543. The van der Waals surface area contributed by atoms with Crippen LogP contribution in [0.1, 0.15) is 156 Å². The number of rotatable bonds is 30. The number of nitrogens with one attached hydrogen (secondary N) is 9. The monoisotopic (exact) mass is 1830 g/mol. The summed E-state index contributed by atoms with van der Waals surface area (Å²) in [6.07, 6.45) is 1.26. The van der Waals surface area contributed by atoms with Crippen LogP contribution in [0.5, 0.6) is 11.5 Å². The summed E-state index contributed by atoms with van der Waals surface area (Å²) in [6, 6.07) is 13.2. The highest BCUT2D eigenvalue weighted by molar-refractivity contribution is 8.76. The summed E-state index contributed by atoms with van der Waals surface area (Å²) in [6.45, 7) is 18.1. The lowest BCUT2D eigenvalue weighted by Crippen LogP contribution is -2.68. The standard InChI is InChI=1S/C92H126ClN13O20S2/c1-52-25-24-31-73(123-15)91(121)47-72(124-88(120)103-91)53(2)79-54(3)92(125-79,48-76(111)105(12)70-44-59(41-52)45-71(122-14)77(70)93)126-87(119)55(4)104(11)75(110)38-40-127-128-50-68(83(115)102-90(9,10)51-89(6,7)8)96-74(109)37-36-69-84(116)99-65(42-58-32-34-61(108)35-33-58)81(113)98-66(46-60-49-95-63-29-22-21-28-62(60)63)82(114)97-64(30-20-17-23-39-94)80(112)101-78(56(5)107)85(117)100-67(86(118)106(69)13)43-57-26-18-16-19-27-57/h16,18-19,21-22,24-29,31-35,44-45,49,53-56,64-69,72-73,78-79,95,107-108,121H,17,20,23,30,36-43,46-48,50-51,94H2,1-15H3,(H,96,109)(H,97,114)(H,98,113)(H,99,116)(H,100,117)(H,101,112)(H,102,115)(H,103,120)/b31-24+,52-25+/t53-,54+,55+,56-,64+,65+,66-,67+,68+,69+,72+,73-,78+,79+,91+,92?/m1/s1. The summed E-state index contributed by atoms with van der Waals surface area (Å²) in [7, 11) is 9.38. The van der Waals surface area contributed by atoms with Gasteiger partial charge in [-0.3, -0.25) is 53.3 Å². The molecule has 16 atom stereocenters. The van der Waals surface area contributed by atoms with Gasteiger partial charge >= 0.3 is 12.1 Å². The number of unbranched alkanes of at least 4 members (excludes halogenated alkanes) is 2. The van der Waals surface area contributed by atoms with Gasteiger partial charge in [0.05, 0.1) is 31.4 Å². The first-order valence-corrected chi connectivity index (χ1v) is 46.1. The number of aromatic nitrogens is 1. The normalized spacial score (nSPS) is 25.7. The molecule has 5 aliphatic heterocycles. The van der Waals surface area contributed by atoms with Crippen LogP contribution in [0.15, 0.2) is 121 Å². The fourth-order valence-corrected chi connectivity index (χ4v) is 19.2. The Labute approximate surface area is 760 Å². The lowest BCUT2D eigenvalue weighted by Gasteiger charge is -2.55. The number of aliphatic hydroxyl groups is 2. The number of carbonyl (C=O) groups excluding carboxylic acids is 12. The van der Waals surface area contributed by atoms with Crippen LogP contribution >= 0.6 is 33.2 Å². The first-order valence-electron chi connectivity index (χ1n) is 43.2. The van der Waals surface area contributed by atoms with Gasteiger partial charge in [0.25, 0.3) is 0 Å². The van der Waals surface area contributed by atoms with Gasteiger partial charge in [-0.2, -0.15) is 0 Å². The van der Waals surface area contributed by atoms with Gasteiger partial charge < -0.3 is 102 Å². The average molecular weight is 1830 g/mol. The maximum Gasteiger partial charge on any atom is 0.409 e. The molecule has 1 unspecified atom stereocenters. The number of nitrogens with zero attached hydrogens (tertiary/aromatic N) is 3. The second-order valence-corrected chi connectivity index (χ2v) is 38.7. The molecule has 5 aromatic rings. The Balaban J connectivity index is 0.956. The molecule has 14 N–H and O–H groups in total. The van der Waals surface area contributed by atoms with Crippen molar-refractivity contribution >= 4 is 121 Å². The van der Waals surface area contributed by atoms with E-state index >= 15 is 19.2 Å². The number of H-pyrrole nitrogens is 1. The number of para-hydroxylation sites is 1. The van der Waals surface area contributed by atoms with E-state index in [1.54, 1.807) is 80.7 Å². The fourth-order valence-electron chi connectivity index (χ4n) is 16.7. The van der Waals surface area contributed by atoms with Gasteiger partial charge in [0.1, 0.15) is 77.1 Å². The van der Waals surface area contributed by atoms with E-state index in [-0.39, 0.29) is 77.7 Å². The first-order chi connectivity index (χ1) is 60.5. The van der Waals surface area contributed by atoms with Gasteiger partial charge in [-0.15, -0.1) is 0 Å². The molecule has 0 radical (unpaired) electrons. The lowest BCUT2D eigenvalue weighted by molar-refractivity contribution is -0.377. The largest absolute Gasteiger partial charge is 0.508 e. The van der Waals surface area contributed by atoms with E-state index in [1.165, 1.54) is 94.1 Å². The van der Waals surface area contributed by atoms with Crippen LogP contribution in [-0.2, 0) is 97.4 Å². The molecule has 128 heavy (non-hydrogen) atoms. The van der Waals surface area contributed by atoms with Crippen molar-refractivity contribution in [3.8, 4) is 11.5 Å². The molecule has 36 heteroatoms. The highest BCUT2D eigenvalue weighted by Crippen LogP contribution is 2.49. The molecule has 4 aromatic carbocycles. The zero-order valence-electron chi connectivity index (χ0n) is 75.5. The molecule has 698 valence electrons. The predicted octanol–water partition coefficient (Wildman–Crippen LogP) is 7.17. The number of fused-ring (bicyclic) bond motifs is 6. The predicted molar refractivity (Wildman–Crippen MR) is 487 cm³/mol. The second-order valence-electron chi connectivity index (χ2n) is 35.7. The molecule has 5 aliphatic rings. The molecule has 0 saturated carbocycles. The number of likely N-dealkylation sites (N-methyl/N-ethyl adjacent to an activating group) is 2. The summed E-state index contributed by atoms with van der Waals surface area (Å²) in [5.41, 5.74) is 6.88. The van der Waals surface area contributed by atoms with Gasteiger partial charge in [0.2, 0.25) is 64.9 Å². The minimum atomic E-state index is -1.97. The van der Waals surface area contributed by atoms with E-state index in [0.29, 0.717) is 66.2 Å². The molecule has 10 rings (SSSR count). The highest BCUT2D eigenvalue weighted by Gasteiger charge is 2.62. The Kier molecular flexibility index (Phi) is 35.9. The van der Waals surface area contributed by atoms with Crippen molar-refractivity contribution in [2.75, 3.05) is 58.3 Å². The van der Waals surface area contributed by atoms with Gasteiger partial charge in [0, 0.05) is 113 Å². The van der Waals surface area contributed by atoms with Crippen molar-refractivity contribution in [2.45, 2.75) is 249 Å². The zero-order chi connectivity index (χ0) is 93.9. The number of benzene rings is 4. The molecule has 11 amide bonds. The Morgan fingerprint density at radius 3 is 2.09 bits per heavy atom. The first kappa shape index (κ1) is 101. The highest BCUT2D eigenvalue weighted by atomic mass is 35.5. The third-order valence-corrected chi connectivity index (χ3v) is 26.5. The van der Waals surface area contributed by atoms with Gasteiger partial charge in [-0.25, -0.2) is 9.59 Å². The number of halogens is 1. The minimum Gasteiger partial charge on any atom is -0.508 e. The molecular weight excluding hydrogens is 1710 g/mol. The Morgan fingerprint density at radius 1 is 0.781 bits per heavy atom. The van der Waals surface area contributed by atoms with Crippen LogP contribution in [0.25, 0.3) is 10.9 Å². The Bertz CT molecular complexity index is 4840. The topological polar surface area (TPSA) is 459 Å². The van der Waals surface area contributed by atoms with Crippen molar-refractivity contribution in [3.05, 3.63) is 148 Å². The number of hydrogen-bond donors (Lipinski definition) is 13.